The van der Waals surface area contributed by atoms with Crippen LogP contribution in [-0.2, 0) is 0 Å². The Morgan fingerprint density at radius 2 is 1.05 bits per heavy atom. The highest BCUT2D eigenvalue weighted by atomic mass is 32.1. The first-order chi connectivity index (χ1) is 19.8. The minimum absolute atomic E-state index is 1.15. The maximum Gasteiger partial charge on any atom is 0.0476 e. The molecule has 0 aliphatic carbocycles. The number of hydrogen-bond acceptors (Lipinski definition) is 2. The summed E-state index contributed by atoms with van der Waals surface area (Å²) in [6, 6.07) is 54.9. The smallest absolute Gasteiger partial charge is 0.0476 e. The average molecular weight is 528 g/mol. The fraction of sp³-hybridized carbons (Fsp3) is 0. The van der Waals surface area contributed by atoms with E-state index in [2.05, 4.69) is 157 Å². The molecule has 188 valence electrons. The van der Waals surface area contributed by atoms with Gasteiger partial charge in [0.05, 0.1) is 0 Å². The van der Waals surface area contributed by atoms with Gasteiger partial charge in [-0.25, -0.2) is 0 Å². The zero-order chi connectivity index (χ0) is 26.5. The highest BCUT2D eigenvalue weighted by Gasteiger charge is 2.17. The van der Waals surface area contributed by atoms with Crippen molar-refractivity contribution < 1.29 is 0 Å². The molecule has 0 aliphatic rings. The van der Waals surface area contributed by atoms with Crippen LogP contribution in [0.2, 0.25) is 0 Å². The Hall–Kier alpha value is -4.92. The summed E-state index contributed by atoms with van der Waals surface area (Å²) in [5, 5.41) is 7.73. The van der Waals surface area contributed by atoms with Crippen LogP contribution in [-0.4, -0.2) is 0 Å². The van der Waals surface area contributed by atoms with E-state index in [0.29, 0.717) is 0 Å². The van der Waals surface area contributed by atoms with E-state index < -0.39 is 0 Å². The number of para-hydroxylation sites is 1. The molecule has 0 fully saturated rings. The Kier molecular flexibility index (Phi) is 5.39. The number of anilines is 3. The van der Waals surface area contributed by atoms with Gasteiger partial charge in [-0.2, -0.15) is 0 Å². The van der Waals surface area contributed by atoms with Gasteiger partial charge in [0.15, 0.2) is 0 Å². The molecule has 0 radical (unpaired) electrons. The molecule has 40 heavy (non-hydrogen) atoms. The molecule has 1 heterocycles. The van der Waals surface area contributed by atoms with E-state index in [0.717, 1.165) is 17.1 Å². The topological polar surface area (TPSA) is 3.24 Å². The van der Waals surface area contributed by atoms with Gasteiger partial charge in [-0.3, -0.25) is 0 Å². The van der Waals surface area contributed by atoms with Crippen molar-refractivity contribution in [3.63, 3.8) is 0 Å². The van der Waals surface area contributed by atoms with Gasteiger partial charge in [-0.15, -0.1) is 11.3 Å². The van der Waals surface area contributed by atoms with E-state index in [9.17, 15) is 0 Å². The van der Waals surface area contributed by atoms with Crippen LogP contribution >= 0.6 is 11.3 Å². The Morgan fingerprint density at radius 1 is 0.400 bits per heavy atom. The van der Waals surface area contributed by atoms with Crippen LogP contribution in [0.1, 0.15) is 0 Å². The number of benzene rings is 7. The van der Waals surface area contributed by atoms with Gasteiger partial charge in [0.2, 0.25) is 0 Å². The van der Waals surface area contributed by atoms with Crippen molar-refractivity contribution in [3.8, 4) is 11.1 Å². The van der Waals surface area contributed by atoms with Crippen molar-refractivity contribution in [2.75, 3.05) is 4.90 Å². The lowest BCUT2D eigenvalue weighted by atomic mass is 9.95. The van der Waals surface area contributed by atoms with Crippen LogP contribution in [0.3, 0.4) is 0 Å². The maximum atomic E-state index is 2.39. The second-order valence-corrected chi connectivity index (χ2v) is 11.2. The molecule has 0 unspecified atom stereocenters. The molecule has 0 saturated carbocycles. The summed E-state index contributed by atoms with van der Waals surface area (Å²) in [5.74, 6) is 0. The third kappa shape index (κ3) is 3.77. The molecule has 1 aromatic heterocycles. The summed E-state index contributed by atoms with van der Waals surface area (Å²) in [4.78, 5) is 2.36. The number of hydrogen-bond donors (Lipinski definition) is 0. The van der Waals surface area contributed by atoms with Crippen LogP contribution in [0.4, 0.5) is 17.1 Å². The Bertz CT molecular complexity index is 2160. The fourth-order valence-electron chi connectivity index (χ4n) is 5.92. The van der Waals surface area contributed by atoms with Gasteiger partial charge >= 0.3 is 0 Å². The molecule has 0 aliphatic heterocycles. The van der Waals surface area contributed by atoms with Crippen LogP contribution in [0.25, 0.3) is 52.8 Å². The van der Waals surface area contributed by atoms with E-state index in [1.54, 1.807) is 0 Å². The van der Waals surface area contributed by atoms with Gasteiger partial charge in [-0.05, 0) is 69.8 Å². The standard InChI is InChI=1S/C38H25NS/c1-3-12-27(13-4-1)35-25-36-33-22-21-31(24-37(33)40-38(36)34-18-10-9-17-32(34)35)39(29-15-5-2-6-16-29)30-20-19-26-11-7-8-14-28(26)23-30/h1-25H. The summed E-state index contributed by atoms with van der Waals surface area (Å²) < 4.78 is 2.64. The summed E-state index contributed by atoms with van der Waals surface area (Å²) in [6.45, 7) is 0. The van der Waals surface area contributed by atoms with Crippen molar-refractivity contribution in [2.24, 2.45) is 0 Å². The summed E-state index contributed by atoms with van der Waals surface area (Å²) in [6.07, 6.45) is 0. The highest BCUT2D eigenvalue weighted by molar-refractivity contribution is 7.26. The van der Waals surface area contributed by atoms with E-state index >= 15 is 0 Å². The van der Waals surface area contributed by atoms with E-state index in [4.69, 9.17) is 0 Å². The minimum atomic E-state index is 1.15. The lowest BCUT2D eigenvalue weighted by Crippen LogP contribution is -2.09. The van der Waals surface area contributed by atoms with E-state index in [-0.39, 0.29) is 0 Å². The molecular formula is C38H25NS. The lowest BCUT2D eigenvalue weighted by Gasteiger charge is -2.26. The predicted molar refractivity (Wildman–Crippen MR) is 174 cm³/mol. The van der Waals surface area contributed by atoms with E-state index in [1.165, 1.54) is 52.8 Å². The molecule has 0 atom stereocenters. The monoisotopic (exact) mass is 527 g/mol. The van der Waals surface area contributed by atoms with Crippen LogP contribution < -0.4 is 4.90 Å². The SMILES string of the molecule is c1ccc(-c2cc3c4ccc(N(c5ccccc5)c5ccc6ccccc6c5)cc4sc3c3ccccc23)cc1. The first-order valence-corrected chi connectivity index (χ1v) is 14.4. The first kappa shape index (κ1) is 23.0. The van der Waals surface area contributed by atoms with Crippen LogP contribution in [0, 0.1) is 0 Å². The molecule has 7 aromatic carbocycles. The van der Waals surface area contributed by atoms with Gasteiger partial charge in [0.25, 0.3) is 0 Å². The van der Waals surface area contributed by atoms with Gasteiger partial charge < -0.3 is 4.90 Å². The number of thiophene rings is 1. The second-order valence-electron chi connectivity index (χ2n) is 10.2. The quantitative estimate of drug-likeness (QED) is 0.220. The fourth-order valence-corrected chi connectivity index (χ4v) is 7.18. The third-order valence-corrected chi connectivity index (χ3v) is 9.01. The van der Waals surface area contributed by atoms with Crippen LogP contribution in [0.15, 0.2) is 152 Å². The minimum Gasteiger partial charge on any atom is -0.310 e. The van der Waals surface area contributed by atoms with Crippen molar-refractivity contribution in [3.05, 3.63) is 152 Å². The van der Waals surface area contributed by atoms with E-state index in [1.807, 2.05) is 11.3 Å². The van der Waals surface area contributed by atoms with Gasteiger partial charge in [0, 0.05) is 42.6 Å². The first-order valence-electron chi connectivity index (χ1n) is 13.6. The summed E-state index contributed by atoms with van der Waals surface area (Å²) in [5.41, 5.74) is 6.00. The average Bonchev–Trinajstić information content (AvgIpc) is 3.40. The summed E-state index contributed by atoms with van der Waals surface area (Å²) in [7, 11) is 0. The number of nitrogens with zero attached hydrogens (tertiary/aromatic N) is 1. The predicted octanol–water partition coefficient (Wildman–Crippen LogP) is 11.5. The van der Waals surface area contributed by atoms with Gasteiger partial charge in [0.1, 0.15) is 0 Å². The molecule has 0 saturated heterocycles. The Balaban J connectivity index is 1.36. The molecule has 0 bridgehead atoms. The van der Waals surface area contributed by atoms with Crippen molar-refractivity contribution in [1.29, 1.82) is 0 Å². The molecule has 1 nitrogen and oxygen atoms in total. The zero-order valence-corrected chi connectivity index (χ0v) is 22.6. The summed E-state index contributed by atoms with van der Waals surface area (Å²) >= 11 is 1.89. The van der Waals surface area contributed by atoms with Crippen molar-refractivity contribution >= 4 is 70.1 Å². The normalized spacial score (nSPS) is 11.5. The Morgan fingerprint density at radius 3 is 1.88 bits per heavy atom. The number of fused-ring (bicyclic) bond motifs is 6. The third-order valence-electron chi connectivity index (χ3n) is 7.81. The highest BCUT2D eigenvalue weighted by Crippen LogP contribution is 2.45. The zero-order valence-electron chi connectivity index (χ0n) is 21.8. The molecule has 8 aromatic rings. The molecule has 0 N–H and O–H groups in total. The maximum absolute atomic E-state index is 2.39. The Labute approximate surface area is 237 Å². The molecule has 2 heteroatoms. The molecular weight excluding hydrogens is 502 g/mol. The molecule has 0 spiro atoms. The van der Waals surface area contributed by atoms with Gasteiger partial charge in [-0.1, -0.05) is 109 Å². The lowest BCUT2D eigenvalue weighted by molar-refractivity contribution is 1.30. The molecule has 0 amide bonds. The second kappa shape index (κ2) is 9.37. The number of rotatable bonds is 4. The molecule has 8 rings (SSSR count). The van der Waals surface area contributed by atoms with Crippen molar-refractivity contribution in [1.82, 2.24) is 0 Å². The largest absolute Gasteiger partial charge is 0.310 e. The van der Waals surface area contributed by atoms with Crippen molar-refractivity contribution in [2.45, 2.75) is 0 Å². The van der Waals surface area contributed by atoms with Crippen LogP contribution in [0.5, 0.6) is 0 Å².